The summed E-state index contributed by atoms with van der Waals surface area (Å²) < 4.78 is 55.8. The minimum atomic E-state index is -4.81. The summed E-state index contributed by atoms with van der Waals surface area (Å²) in [7, 11) is -8.48. The van der Waals surface area contributed by atoms with Crippen molar-refractivity contribution >= 4 is 25.9 Å². The summed E-state index contributed by atoms with van der Waals surface area (Å²) in [6.45, 7) is 4.39. The number of amides is 1. The van der Waals surface area contributed by atoms with Gasteiger partial charge in [-0.2, -0.15) is 0 Å². The Labute approximate surface area is 99.6 Å². The number of sulfone groups is 1. The number of carbonyl (C=O) groups is 1. The van der Waals surface area contributed by atoms with Crippen molar-refractivity contribution in [1.29, 1.82) is 0 Å². The zero-order valence-corrected chi connectivity index (χ0v) is 10.7. The van der Waals surface area contributed by atoms with Crippen LogP contribution in [-0.4, -0.2) is 49.6 Å². The average molecular weight is 282 g/mol. The van der Waals surface area contributed by atoms with E-state index < -0.39 is 48.2 Å². The fraction of sp³-hybridized carbons (Fsp3) is 0.625. The van der Waals surface area contributed by atoms with Gasteiger partial charge in [0, 0.05) is 0 Å². The average Bonchev–Trinajstić information content (AvgIpc) is 2.35. The lowest BCUT2D eigenvalue weighted by atomic mass is 10.0. The van der Waals surface area contributed by atoms with Crippen LogP contribution in [0.25, 0.3) is 0 Å². The number of hydrogen-bond acceptors (Lipinski definition) is 6. The molecule has 1 aliphatic rings. The van der Waals surface area contributed by atoms with E-state index in [1.807, 2.05) is 0 Å². The van der Waals surface area contributed by atoms with Gasteiger partial charge in [-0.3, -0.25) is 4.79 Å². The molecule has 0 spiro atoms. The first-order valence-electron chi connectivity index (χ1n) is 4.60. The molecule has 9 heteroatoms. The van der Waals surface area contributed by atoms with Gasteiger partial charge in [0.05, 0.1) is 22.3 Å². The fourth-order valence-corrected chi connectivity index (χ4v) is 6.18. The van der Waals surface area contributed by atoms with Crippen molar-refractivity contribution in [3.8, 4) is 0 Å². The SMILES string of the molecule is C=CC(=O)N[C@]1(C)CS(=O)(=O)C[C@@H]1S(=O)(=O)[O-]. The standard InChI is InChI=1S/C8H13NO6S2/c1-3-7(10)9-8(2)5-16(11,12)4-6(8)17(13,14)15/h3,6H,1,4-5H2,2H3,(H,9,10)(H,13,14,15)/p-1/t6-,8+/m0/s1. The first-order valence-corrected chi connectivity index (χ1v) is 7.89. The molecule has 0 aromatic heterocycles. The molecule has 1 fully saturated rings. The van der Waals surface area contributed by atoms with E-state index in [9.17, 15) is 26.2 Å². The first-order chi connectivity index (χ1) is 7.50. The molecule has 7 nitrogen and oxygen atoms in total. The summed E-state index contributed by atoms with van der Waals surface area (Å²) in [6, 6.07) is 0. The fourth-order valence-electron chi connectivity index (χ4n) is 1.87. The predicted molar refractivity (Wildman–Crippen MR) is 58.9 cm³/mol. The lowest BCUT2D eigenvalue weighted by Crippen LogP contribution is -2.56. The molecule has 17 heavy (non-hydrogen) atoms. The molecular formula is C8H12NO6S2-. The van der Waals surface area contributed by atoms with Gasteiger partial charge < -0.3 is 9.87 Å². The summed E-state index contributed by atoms with van der Waals surface area (Å²) >= 11 is 0. The van der Waals surface area contributed by atoms with Crippen LogP contribution in [0, 0.1) is 0 Å². The van der Waals surface area contributed by atoms with Crippen LogP contribution < -0.4 is 5.32 Å². The zero-order valence-electron chi connectivity index (χ0n) is 9.04. The Balaban J connectivity index is 3.19. The van der Waals surface area contributed by atoms with Crippen molar-refractivity contribution in [3.63, 3.8) is 0 Å². The van der Waals surface area contributed by atoms with E-state index in [0.29, 0.717) is 0 Å². The monoisotopic (exact) mass is 282 g/mol. The van der Waals surface area contributed by atoms with E-state index in [1.165, 1.54) is 6.92 Å². The Bertz CT molecular complexity index is 549. The highest BCUT2D eigenvalue weighted by Crippen LogP contribution is 2.28. The molecule has 0 aliphatic carbocycles. The quantitative estimate of drug-likeness (QED) is 0.491. The van der Waals surface area contributed by atoms with Gasteiger partial charge in [0.2, 0.25) is 5.91 Å². The molecule has 1 heterocycles. The van der Waals surface area contributed by atoms with Crippen LogP contribution in [0.2, 0.25) is 0 Å². The van der Waals surface area contributed by atoms with Gasteiger partial charge in [-0.25, -0.2) is 16.8 Å². The van der Waals surface area contributed by atoms with Crippen molar-refractivity contribution in [2.45, 2.75) is 17.7 Å². The van der Waals surface area contributed by atoms with E-state index in [2.05, 4.69) is 11.9 Å². The molecule has 1 saturated heterocycles. The van der Waals surface area contributed by atoms with Gasteiger partial charge in [0.25, 0.3) is 0 Å². The van der Waals surface area contributed by atoms with E-state index in [1.54, 1.807) is 0 Å². The maximum atomic E-state index is 11.4. The van der Waals surface area contributed by atoms with Crippen LogP contribution in [0.4, 0.5) is 0 Å². The van der Waals surface area contributed by atoms with Crippen molar-refractivity contribution in [2.24, 2.45) is 0 Å². The molecule has 1 amide bonds. The molecule has 0 bridgehead atoms. The predicted octanol–water partition coefficient (Wildman–Crippen LogP) is -1.61. The third-order valence-corrected chi connectivity index (χ3v) is 6.05. The van der Waals surface area contributed by atoms with E-state index in [4.69, 9.17) is 0 Å². The number of hydrogen-bond donors (Lipinski definition) is 1. The molecule has 1 rings (SSSR count). The van der Waals surface area contributed by atoms with Crippen LogP contribution in [0.1, 0.15) is 6.92 Å². The van der Waals surface area contributed by atoms with Gasteiger partial charge in [-0.1, -0.05) is 6.58 Å². The molecule has 0 aromatic rings. The van der Waals surface area contributed by atoms with Gasteiger partial charge in [-0.15, -0.1) is 0 Å². The minimum Gasteiger partial charge on any atom is -0.748 e. The smallest absolute Gasteiger partial charge is 0.243 e. The Morgan fingerprint density at radius 1 is 1.59 bits per heavy atom. The molecule has 0 radical (unpaired) electrons. The first kappa shape index (κ1) is 14.1. The molecule has 0 saturated carbocycles. The van der Waals surface area contributed by atoms with E-state index in [-0.39, 0.29) is 0 Å². The second-order valence-electron chi connectivity index (χ2n) is 4.15. The molecule has 0 unspecified atom stereocenters. The highest BCUT2D eigenvalue weighted by atomic mass is 32.2. The lowest BCUT2D eigenvalue weighted by Gasteiger charge is -2.32. The summed E-state index contributed by atoms with van der Waals surface area (Å²) in [4.78, 5) is 11.1. The maximum absolute atomic E-state index is 11.4. The van der Waals surface area contributed by atoms with Crippen molar-refractivity contribution in [1.82, 2.24) is 5.32 Å². The topological polar surface area (TPSA) is 120 Å². The van der Waals surface area contributed by atoms with Gasteiger partial charge in [0.15, 0.2) is 9.84 Å². The Kier molecular flexibility index (Phi) is 3.38. The summed E-state index contributed by atoms with van der Waals surface area (Å²) in [5.41, 5.74) is -1.61. The minimum absolute atomic E-state index is 0.578. The molecule has 1 N–H and O–H groups in total. The second-order valence-corrected chi connectivity index (χ2v) is 7.81. The molecule has 2 atom stereocenters. The summed E-state index contributed by atoms with van der Waals surface area (Å²) in [6.07, 6.45) is 0.880. The zero-order chi connectivity index (χ0) is 13.5. The molecular weight excluding hydrogens is 270 g/mol. The van der Waals surface area contributed by atoms with Crippen LogP contribution in [-0.2, 0) is 24.7 Å². The second kappa shape index (κ2) is 4.07. The molecule has 0 aromatic carbocycles. The van der Waals surface area contributed by atoms with Crippen LogP contribution in [0.5, 0.6) is 0 Å². The lowest BCUT2D eigenvalue weighted by molar-refractivity contribution is -0.117. The van der Waals surface area contributed by atoms with E-state index >= 15 is 0 Å². The Morgan fingerprint density at radius 3 is 2.53 bits per heavy atom. The summed E-state index contributed by atoms with van der Waals surface area (Å²) in [5.74, 6) is -2.07. The Morgan fingerprint density at radius 2 is 2.12 bits per heavy atom. The largest absolute Gasteiger partial charge is 0.748 e. The maximum Gasteiger partial charge on any atom is 0.243 e. The van der Waals surface area contributed by atoms with Crippen LogP contribution >= 0.6 is 0 Å². The normalized spacial score (nSPS) is 32.0. The van der Waals surface area contributed by atoms with Gasteiger partial charge >= 0.3 is 0 Å². The highest BCUT2D eigenvalue weighted by Gasteiger charge is 2.51. The van der Waals surface area contributed by atoms with Gasteiger partial charge in [0.1, 0.15) is 10.1 Å². The summed E-state index contributed by atoms with van der Waals surface area (Å²) in [5, 5.41) is 0.525. The number of rotatable bonds is 3. The van der Waals surface area contributed by atoms with Crippen molar-refractivity contribution in [2.75, 3.05) is 11.5 Å². The van der Waals surface area contributed by atoms with E-state index in [0.717, 1.165) is 6.08 Å². The highest BCUT2D eigenvalue weighted by molar-refractivity contribution is 7.94. The molecule has 98 valence electrons. The van der Waals surface area contributed by atoms with Crippen molar-refractivity contribution < 1.29 is 26.2 Å². The Hall–Kier alpha value is -0.930. The van der Waals surface area contributed by atoms with Crippen molar-refractivity contribution in [3.05, 3.63) is 12.7 Å². The molecule has 1 aliphatic heterocycles. The number of carbonyl (C=O) groups excluding carboxylic acids is 1. The third-order valence-electron chi connectivity index (χ3n) is 2.58. The van der Waals surface area contributed by atoms with Gasteiger partial charge in [-0.05, 0) is 13.0 Å². The number of nitrogens with one attached hydrogen (secondary N) is 1. The third kappa shape index (κ3) is 3.05. The van der Waals surface area contributed by atoms with Crippen LogP contribution in [0.3, 0.4) is 0 Å². The van der Waals surface area contributed by atoms with Crippen LogP contribution in [0.15, 0.2) is 12.7 Å².